The Morgan fingerprint density at radius 1 is 1.48 bits per heavy atom. The van der Waals surface area contributed by atoms with Crippen molar-refractivity contribution in [2.75, 3.05) is 29.9 Å². The van der Waals surface area contributed by atoms with Crippen LogP contribution >= 0.6 is 0 Å². The van der Waals surface area contributed by atoms with Crippen LogP contribution in [0.1, 0.15) is 19.4 Å². The number of anilines is 2. The normalized spacial score (nSPS) is 19.4. The van der Waals surface area contributed by atoms with Crippen LogP contribution in [0.2, 0.25) is 0 Å². The number of nitrogens with one attached hydrogen (secondary N) is 2. The molecule has 1 aromatic rings. The molecule has 1 aliphatic rings. The predicted molar refractivity (Wildman–Crippen MR) is 73.2 cm³/mol. The maximum Gasteiger partial charge on any atom is 0.416 e. The number of hydrogen-bond acceptors (Lipinski definition) is 4. The van der Waals surface area contributed by atoms with Gasteiger partial charge in [-0.3, -0.25) is 4.79 Å². The summed E-state index contributed by atoms with van der Waals surface area (Å²) in [5.41, 5.74) is -0.776. The van der Waals surface area contributed by atoms with Crippen LogP contribution < -0.4 is 15.5 Å². The van der Waals surface area contributed by atoms with Gasteiger partial charge in [-0.15, -0.1) is 0 Å². The van der Waals surface area contributed by atoms with E-state index in [0.717, 1.165) is 12.1 Å². The Hall–Kier alpha value is -1.99. The van der Waals surface area contributed by atoms with Crippen molar-refractivity contribution in [3.05, 3.63) is 17.7 Å². The van der Waals surface area contributed by atoms with E-state index in [1.165, 1.54) is 0 Å². The quantitative estimate of drug-likeness (QED) is 0.895. The molecule has 0 aromatic carbocycles. The van der Waals surface area contributed by atoms with Gasteiger partial charge in [-0.1, -0.05) is 0 Å². The van der Waals surface area contributed by atoms with Crippen molar-refractivity contribution in [1.82, 2.24) is 10.3 Å². The van der Waals surface area contributed by atoms with Gasteiger partial charge >= 0.3 is 6.18 Å². The van der Waals surface area contributed by atoms with Crippen molar-refractivity contribution in [2.45, 2.75) is 26.1 Å². The van der Waals surface area contributed by atoms with Crippen LogP contribution in [0.4, 0.5) is 24.8 Å². The van der Waals surface area contributed by atoms with E-state index in [2.05, 4.69) is 15.6 Å². The number of piperazine rings is 1. The van der Waals surface area contributed by atoms with Gasteiger partial charge in [0.2, 0.25) is 5.91 Å². The molecule has 1 unspecified atom stereocenters. The van der Waals surface area contributed by atoms with Crippen molar-refractivity contribution in [2.24, 2.45) is 0 Å². The fourth-order valence-corrected chi connectivity index (χ4v) is 2.19. The van der Waals surface area contributed by atoms with Gasteiger partial charge in [0.05, 0.1) is 5.56 Å². The minimum absolute atomic E-state index is 0.153. The number of carbonyl (C=O) groups excluding carboxylic acids is 1. The lowest BCUT2D eigenvalue weighted by molar-refractivity contribution is -0.137. The molecule has 21 heavy (non-hydrogen) atoms. The predicted octanol–water partition coefficient (Wildman–Crippen LogP) is 1.86. The van der Waals surface area contributed by atoms with Gasteiger partial charge in [0.15, 0.2) is 0 Å². The van der Waals surface area contributed by atoms with Gasteiger partial charge in [0.1, 0.15) is 17.7 Å². The van der Waals surface area contributed by atoms with Gasteiger partial charge in [-0.2, -0.15) is 13.2 Å². The SMILES string of the molecule is CCNc1cc(C(F)(F)F)cc(N2CCNC(=O)C2C)n1. The van der Waals surface area contributed by atoms with Gasteiger partial charge in [-0.25, -0.2) is 4.98 Å². The molecule has 1 aliphatic heterocycles. The number of aromatic nitrogens is 1. The Morgan fingerprint density at radius 2 is 2.19 bits per heavy atom. The number of pyridine rings is 1. The van der Waals surface area contributed by atoms with E-state index in [1.54, 1.807) is 18.7 Å². The van der Waals surface area contributed by atoms with Gasteiger partial charge < -0.3 is 15.5 Å². The van der Waals surface area contributed by atoms with E-state index in [9.17, 15) is 18.0 Å². The molecular weight excluding hydrogens is 285 g/mol. The zero-order chi connectivity index (χ0) is 15.6. The molecule has 0 radical (unpaired) electrons. The van der Waals surface area contributed by atoms with Crippen molar-refractivity contribution in [3.8, 4) is 0 Å². The van der Waals surface area contributed by atoms with Crippen LogP contribution in [-0.2, 0) is 11.0 Å². The first-order valence-electron chi connectivity index (χ1n) is 6.70. The summed E-state index contributed by atoms with van der Waals surface area (Å²) in [6.07, 6.45) is -4.46. The summed E-state index contributed by atoms with van der Waals surface area (Å²) >= 11 is 0. The Labute approximate surface area is 120 Å². The molecule has 2 rings (SSSR count). The maximum atomic E-state index is 13.0. The molecular formula is C13H17F3N4O. The monoisotopic (exact) mass is 302 g/mol. The summed E-state index contributed by atoms with van der Waals surface area (Å²) in [6, 6.07) is 1.40. The minimum Gasteiger partial charge on any atom is -0.370 e. The number of carbonyl (C=O) groups is 1. The molecule has 8 heteroatoms. The highest BCUT2D eigenvalue weighted by Gasteiger charge is 2.34. The fraction of sp³-hybridized carbons (Fsp3) is 0.538. The van der Waals surface area contributed by atoms with Crippen LogP contribution in [0.5, 0.6) is 0 Å². The average molecular weight is 302 g/mol. The number of rotatable bonds is 3. The van der Waals surface area contributed by atoms with Crippen molar-refractivity contribution < 1.29 is 18.0 Å². The Balaban J connectivity index is 2.42. The summed E-state index contributed by atoms with van der Waals surface area (Å²) < 4.78 is 38.9. The molecule has 1 aromatic heterocycles. The van der Waals surface area contributed by atoms with E-state index in [1.807, 2.05) is 0 Å². The molecule has 0 spiro atoms. The van der Waals surface area contributed by atoms with Crippen molar-refractivity contribution in [1.29, 1.82) is 0 Å². The van der Waals surface area contributed by atoms with E-state index in [-0.39, 0.29) is 17.5 Å². The molecule has 2 N–H and O–H groups in total. The Morgan fingerprint density at radius 3 is 2.81 bits per heavy atom. The second kappa shape index (κ2) is 5.79. The third-order valence-corrected chi connectivity index (χ3v) is 3.29. The van der Waals surface area contributed by atoms with Crippen LogP contribution in [0, 0.1) is 0 Å². The second-order valence-corrected chi connectivity index (χ2v) is 4.79. The van der Waals surface area contributed by atoms with Crippen LogP contribution in [-0.4, -0.2) is 36.6 Å². The zero-order valence-corrected chi connectivity index (χ0v) is 11.8. The third-order valence-electron chi connectivity index (χ3n) is 3.29. The lowest BCUT2D eigenvalue weighted by Crippen LogP contribution is -2.54. The lowest BCUT2D eigenvalue weighted by atomic mass is 10.1. The number of amides is 1. The van der Waals surface area contributed by atoms with Gasteiger partial charge in [0, 0.05) is 19.6 Å². The number of hydrogen-bond donors (Lipinski definition) is 2. The molecule has 1 amide bonds. The lowest BCUT2D eigenvalue weighted by Gasteiger charge is -2.34. The fourth-order valence-electron chi connectivity index (χ4n) is 2.19. The number of halogens is 3. The summed E-state index contributed by atoms with van der Waals surface area (Å²) in [5, 5.41) is 5.46. The topological polar surface area (TPSA) is 57.3 Å². The summed E-state index contributed by atoms with van der Waals surface area (Å²) in [6.45, 7) is 4.69. The largest absolute Gasteiger partial charge is 0.416 e. The van der Waals surface area contributed by atoms with Crippen molar-refractivity contribution >= 4 is 17.5 Å². The molecule has 0 bridgehead atoms. The molecule has 1 fully saturated rings. The summed E-state index contributed by atoms with van der Waals surface area (Å²) in [5.74, 6) is 0.0918. The van der Waals surface area contributed by atoms with Crippen molar-refractivity contribution in [3.63, 3.8) is 0 Å². The summed E-state index contributed by atoms with van der Waals surface area (Å²) in [4.78, 5) is 17.4. The third kappa shape index (κ3) is 3.37. The smallest absolute Gasteiger partial charge is 0.370 e. The highest BCUT2D eigenvalue weighted by Crippen LogP contribution is 2.33. The Kier molecular flexibility index (Phi) is 4.24. The standard InChI is InChI=1S/C13H17F3N4O/c1-3-17-10-6-9(13(14,15)16)7-11(19-10)20-5-4-18-12(21)8(20)2/h6-8H,3-5H2,1-2H3,(H,17,19)(H,18,21). The van der Waals surface area contributed by atoms with Crippen LogP contribution in [0.3, 0.4) is 0 Å². The van der Waals surface area contributed by atoms with E-state index in [0.29, 0.717) is 19.6 Å². The highest BCUT2D eigenvalue weighted by molar-refractivity contribution is 5.85. The van der Waals surface area contributed by atoms with E-state index < -0.39 is 17.8 Å². The number of nitrogens with zero attached hydrogens (tertiary/aromatic N) is 2. The average Bonchev–Trinajstić information content (AvgIpc) is 2.41. The van der Waals surface area contributed by atoms with Crippen LogP contribution in [0.25, 0.3) is 0 Å². The first-order valence-corrected chi connectivity index (χ1v) is 6.70. The van der Waals surface area contributed by atoms with Gasteiger partial charge in [-0.05, 0) is 26.0 Å². The number of alkyl halides is 3. The molecule has 116 valence electrons. The molecule has 0 saturated carbocycles. The molecule has 1 saturated heterocycles. The molecule has 2 heterocycles. The van der Waals surface area contributed by atoms with Gasteiger partial charge in [0.25, 0.3) is 0 Å². The second-order valence-electron chi connectivity index (χ2n) is 4.79. The molecule has 1 atom stereocenters. The zero-order valence-electron chi connectivity index (χ0n) is 11.8. The first kappa shape index (κ1) is 15.4. The maximum absolute atomic E-state index is 13.0. The summed E-state index contributed by atoms with van der Waals surface area (Å²) in [7, 11) is 0. The van der Waals surface area contributed by atoms with E-state index >= 15 is 0 Å². The Bertz CT molecular complexity index is 533. The van der Waals surface area contributed by atoms with E-state index in [4.69, 9.17) is 0 Å². The first-order chi connectivity index (χ1) is 9.82. The van der Waals surface area contributed by atoms with Crippen LogP contribution in [0.15, 0.2) is 12.1 Å². The molecule has 0 aliphatic carbocycles. The molecule has 5 nitrogen and oxygen atoms in total. The highest BCUT2D eigenvalue weighted by atomic mass is 19.4. The minimum atomic E-state index is -4.46.